The number of nitrogens with zero attached hydrogens (tertiary/aromatic N) is 5. The van der Waals surface area contributed by atoms with E-state index in [1.165, 1.54) is 31.6 Å². The topological polar surface area (TPSA) is 128 Å². The molecule has 3 heterocycles. The van der Waals surface area contributed by atoms with Crippen molar-refractivity contribution in [1.29, 1.82) is 0 Å². The number of hydrogen-bond donors (Lipinski definition) is 2. The van der Waals surface area contributed by atoms with Crippen LogP contribution in [0.25, 0.3) is 22.3 Å². The second-order valence-corrected chi connectivity index (χ2v) is 9.44. The van der Waals surface area contributed by atoms with Gasteiger partial charge in [-0.05, 0) is 30.5 Å². The SMILES string of the molecule is CCC(=O)N1CCCC(n2nc(-c3ccc(CNC(=O)c4c(F)cccc4OC)cc3)c3c(N)ncnc32)C1. The van der Waals surface area contributed by atoms with Gasteiger partial charge in [-0.15, -0.1) is 0 Å². The van der Waals surface area contributed by atoms with Crippen molar-refractivity contribution in [2.75, 3.05) is 25.9 Å². The smallest absolute Gasteiger partial charge is 0.258 e. The normalized spacial score (nSPS) is 15.4. The van der Waals surface area contributed by atoms with Crippen LogP contribution in [0.15, 0.2) is 48.8 Å². The van der Waals surface area contributed by atoms with Gasteiger partial charge in [-0.1, -0.05) is 37.3 Å². The van der Waals surface area contributed by atoms with Crippen LogP contribution >= 0.6 is 0 Å². The number of halogens is 1. The zero-order valence-corrected chi connectivity index (χ0v) is 21.9. The largest absolute Gasteiger partial charge is 0.496 e. The van der Waals surface area contributed by atoms with E-state index in [4.69, 9.17) is 15.6 Å². The number of benzene rings is 2. The molecule has 10 nitrogen and oxygen atoms in total. The Morgan fingerprint density at radius 2 is 1.97 bits per heavy atom. The highest BCUT2D eigenvalue weighted by molar-refractivity contribution is 5.98. The minimum absolute atomic E-state index is 0.0235. The predicted molar refractivity (Wildman–Crippen MR) is 144 cm³/mol. The van der Waals surface area contributed by atoms with Gasteiger partial charge < -0.3 is 20.7 Å². The molecule has 2 amide bonds. The number of piperidine rings is 1. The van der Waals surface area contributed by atoms with Crippen molar-refractivity contribution in [1.82, 2.24) is 30.0 Å². The monoisotopic (exact) mass is 531 g/mol. The molecule has 1 aliphatic rings. The molecule has 2 aromatic carbocycles. The molecular weight excluding hydrogens is 501 g/mol. The number of anilines is 1. The van der Waals surface area contributed by atoms with Crippen LogP contribution in [0.4, 0.5) is 10.2 Å². The highest BCUT2D eigenvalue weighted by Crippen LogP contribution is 2.34. The van der Waals surface area contributed by atoms with Crippen molar-refractivity contribution < 1.29 is 18.7 Å². The van der Waals surface area contributed by atoms with E-state index in [2.05, 4.69) is 15.3 Å². The third-order valence-corrected chi connectivity index (χ3v) is 7.02. The summed E-state index contributed by atoms with van der Waals surface area (Å²) in [7, 11) is 1.39. The van der Waals surface area contributed by atoms with Gasteiger partial charge >= 0.3 is 0 Å². The van der Waals surface area contributed by atoms with E-state index in [9.17, 15) is 14.0 Å². The molecule has 2 aromatic heterocycles. The molecule has 1 atom stereocenters. The Morgan fingerprint density at radius 3 is 2.72 bits per heavy atom. The van der Waals surface area contributed by atoms with Crippen molar-refractivity contribution >= 4 is 28.7 Å². The first-order valence-electron chi connectivity index (χ1n) is 12.9. The zero-order chi connectivity index (χ0) is 27.5. The molecular formula is C28H30FN7O3. The minimum Gasteiger partial charge on any atom is -0.496 e. The number of aromatic nitrogens is 4. The summed E-state index contributed by atoms with van der Waals surface area (Å²) < 4.78 is 21.2. The number of rotatable bonds is 7. The maximum absolute atomic E-state index is 14.2. The molecule has 0 bridgehead atoms. The highest BCUT2D eigenvalue weighted by Gasteiger charge is 2.28. The van der Waals surface area contributed by atoms with Crippen LogP contribution in [0.5, 0.6) is 5.75 Å². The Kier molecular flexibility index (Phi) is 7.40. The highest BCUT2D eigenvalue weighted by atomic mass is 19.1. The standard InChI is InChI=1S/C28H30FN7O3/c1-3-22(37)35-13-5-6-19(15-35)36-27-24(26(30)32-16-33-27)25(34-36)18-11-9-17(10-12-18)14-31-28(38)23-20(29)7-4-8-21(23)39-2/h4,7-12,16,19H,3,5-6,13-15H2,1-2H3,(H,31,38)(H2,30,32,33). The Morgan fingerprint density at radius 1 is 1.18 bits per heavy atom. The van der Waals surface area contributed by atoms with Crippen molar-refractivity contribution in [2.24, 2.45) is 0 Å². The molecule has 4 aromatic rings. The van der Waals surface area contributed by atoms with E-state index in [0.717, 1.165) is 30.5 Å². The van der Waals surface area contributed by atoms with E-state index in [0.29, 0.717) is 35.5 Å². The number of likely N-dealkylation sites (tertiary alicyclic amines) is 1. The Hall–Kier alpha value is -4.54. The molecule has 0 radical (unpaired) electrons. The predicted octanol–water partition coefficient (Wildman–Crippen LogP) is 3.73. The van der Waals surface area contributed by atoms with Gasteiger partial charge in [0.25, 0.3) is 5.91 Å². The molecule has 11 heteroatoms. The summed E-state index contributed by atoms with van der Waals surface area (Å²) in [6, 6.07) is 11.7. The molecule has 0 aliphatic carbocycles. The number of nitrogens with one attached hydrogen (secondary N) is 1. The van der Waals surface area contributed by atoms with Crippen LogP contribution in [-0.4, -0.2) is 56.7 Å². The lowest BCUT2D eigenvalue weighted by molar-refractivity contribution is -0.132. The van der Waals surface area contributed by atoms with E-state index >= 15 is 0 Å². The van der Waals surface area contributed by atoms with Gasteiger partial charge in [0.1, 0.15) is 35.0 Å². The van der Waals surface area contributed by atoms with Crippen LogP contribution in [0.2, 0.25) is 0 Å². The second kappa shape index (κ2) is 11.1. The summed E-state index contributed by atoms with van der Waals surface area (Å²) in [4.78, 5) is 35.5. The summed E-state index contributed by atoms with van der Waals surface area (Å²) >= 11 is 0. The van der Waals surface area contributed by atoms with Crippen LogP contribution in [0.1, 0.15) is 48.1 Å². The fourth-order valence-electron chi connectivity index (χ4n) is 5.00. The van der Waals surface area contributed by atoms with Crippen molar-refractivity contribution in [3.8, 4) is 17.0 Å². The average Bonchev–Trinajstić information content (AvgIpc) is 3.36. The molecule has 0 spiro atoms. The Labute approximate surface area is 225 Å². The van der Waals surface area contributed by atoms with Crippen LogP contribution in [0, 0.1) is 5.82 Å². The van der Waals surface area contributed by atoms with Gasteiger partial charge in [0.05, 0.1) is 18.5 Å². The maximum Gasteiger partial charge on any atom is 0.258 e. The van der Waals surface area contributed by atoms with Gasteiger partial charge in [0.2, 0.25) is 5.91 Å². The van der Waals surface area contributed by atoms with E-state index in [-0.39, 0.29) is 29.8 Å². The van der Waals surface area contributed by atoms with Crippen molar-refractivity contribution in [2.45, 2.75) is 38.8 Å². The zero-order valence-electron chi connectivity index (χ0n) is 21.9. The van der Waals surface area contributed by atoms with Crippen molar-refractivity contribution in [3.63, 3.8) is 0 Å². The lowest BCUT2D eigenvalue weighted by Gasteiger charge is -2.32. The van der Waals surface area contributed by atoms with Gasteiger partial charge in [0.15, 0.2) is 5.65 Å². The van der Waals surface area contributed by atoms with Gasteiger partial charge in [-0.3, -0.25) is 9.59 Å². The first kappa shape index (κ1) is 26.1. The van der Waals surface area contributed by atoms with Crippen LogP contribution < -0.4 is 15.8 Å². The molecule has 1 saturated heterocycles. The molecule has 1 fully saturated rings. The van der Waals surface area contributed by atoms with Crippen LogP contribution in [0.3, 0.4) is 0 Å². The summed E-state index contributed by atoms with van der Waals surface area (Å²) in [6.45, 7) is 3.37. The first-order valence-corrected chi connectivity index (χ1v) is 12.9. The molecule has 3 N–H and O–H groups in total. The van der Waals surface area contributed by atoms with Gasteiger partial charge in [0, 0.05) is 31.6 Å². The third-order valence-electron chi connectivity index (χ3n) is 7.02. The lowest BCUT2D eigenvalue weighted by Crippen LogP contribution is -2.40. The fourth-order valence-corrected chi connectivity index (χ4v) is 5.00. The molecule has 5 rings (SSSR count). The maximum atomic E-state index is 14.2. The van der Waals surface area contributed by atoms with Gasteiger partial charge in [-0.25, -0.2) is 19.0 Å². The summed E-state index contributed by atoms with van der Waals surface area (Å²) in [5.74, 6) is -0.586. The van der Waals surface area contributed by atoms with Gasteiger partial charge in [-0.2, -0.15) is 5.10 Å². The van der Waals surface area contributed by atoms with Crippen molar-refractivity contribution in [3.05, 3.63) is 65.7 Å². The second-order valence-electron chi connectivity index (χ2n) is 9.44. The van der Waals surface area contributed by atoms with Crippen LogP contribution in [-0.2, 0) is 11.3 Å². The number of nitrogen functional groups attached to an aromatic ring is 1. The third kappa shape index (κ3) is 5.12. The van der Waals surface area contributed by atoms with E-state index < -0.39 is 11.7 Å². The lowest BCUT2D eigenvalue weighted by atomic mass is 10.1. The number of hydrogen-bond acceptors (Lipinski definition) is 7. The number of methoxy groups -OCH3 is 1. The quantitative estimate of drug-likeness (QED) is 0.372. The first-order chi connectivity index (χ1) is 18.9. The number of fused-ring (bicyclic) bond motifs is 1. The molecule has 202 valence electrons. The Bertz CT molecular complexity index is 1520. The Balaban J connectivity index is 1.39. The average molecular weight is 532 g/mol. The number of carbonyl (C=O) groups excluding carboxylic acids is 2. The molecule has 39 heavy (non-hydrogen) atoms. The summed E-state index contributed by atoms with van der Waals surface area (Å²) in [5.41, 5.74) is 9.05. The molecule has 0 saturated carbocycles. The summed E-state index contributed by atoms with van der Waals surface area (Å²) in [5, 5.41) is 8.31. The molecule has 1 aliphatic heterocycles. The number of amides is 2. The van der Waals surface area contributed by atoms with E-state index in [1.807, 2.05) is 40.8 Å². The number of ether oxygens (including phenoxy) is 1. The summed E-state index contributed by atoms with van der Waals surface area (Å²) in [6.07, 6.45) is 3.65. The number of carbonyl (C=O) groups is 2. The molecule has 1 unspecified atom stereocenters. The van der Waals surface area contributed by atoms with E-state index in [1.54, 1.807) is 0 Å². The minimum atomic E-state index is -0.649. The fraction of sp³-hybridized carbons (Fsp3) is 0.321. The number of nitrogens with two attached hydrogens (primary N) is 1.